The molecule has 0 spiro atoms. The van der Waals surface area contributed by atoms with Crippen LogP contribution in [0.15, 0.2) is 48.6 Å². The first-order valence-electron chi connectivity index (χ1n) is 31.4. The highest BCUT2D eigenvalue weighted by molar-refractivity contribution is 5.76. The van der Waals surface area contributed by atoms with Crippen molar-refractivity contribution in [2.75, 3.05) is 13.2 Å². The van der Waals surface area contributed by atoms with Gasteiger partial charge in [0.1, 0.15) is 0 Å². The summed E-state index contributed by atoms with van der Waals surface area (Å²) in [5.41, 5.74) is 0. The zero-order chi connectivity index (χ0) is 51.4. The molecule has 0 fully saturated rings. The van der Waals surface area contributed by atoms with E-state index in [-0.39, 0.29) is 18.5 Å². The number of ether oxygens (including phenoxy) is 1. The van der Waals surface area contributed by atoms with Gasteiger partial charge in [-0.15, -0.1) is 0 Å². The highest BCUT2D eigenvalue weighted by Gasteiger charge is 2.18. The summed E-state index contributed by atoms with van der Waals surface area (Å²) < 4.78 is 5.49. The van der Waals surface area contributed by atoms with E-state index in [2.05, 4.69) is 55.6 Å². The molecule has 0 aromatic carbocycles. The van der Waals surface area contributed by atoms with Crippen LogP contribution in [-0.2, 0) is 14.3 Å². The van der Waals surface area contributed by atoms with E-state index < -0.39 is 12.1 Å². The van der Waals surface area contributed by atoms with Crippen molar-refractivity contribution in [3.8, 4) is 0 Å². The van der Waals surface area contributed by atoms with E-state index in [9.17, 15) is 19.8 Å². The Kier molecular flexibility index (Phi) is 58.5. The molecule has 2 atom stereocenters. The number of hydrogen-bond acceptors (Lipinski definition) is 5. The molecule has 0 aliphatic carbocycles. The molecule has 0 aromatic heterocycles. The minimum atomic E-state index is -0.849. The van der Waals surface area contributed by atoms with Crippen molar-refractivity contribution >= 4 is 11.9 Å². The number of rotatable bonds is 58. The number of carbonyl (C=O) groups is 2. The number of esters is 1. The number of aliphatic hydroxyl groups excluding tert-OH is 2. The smallest absolute Gasteiger partial charge is 0.305 e. The van der Waals surface area contributed by atoms with Crippen LogP contribution in [0.5, 0.6) is 0 Å². The van der Waals surface area contributed by atoms with E-state index in [0.717, 1.165) is 57.8 Å². The van der Waals surface area contributed by atoms with Crippen molar-refractivity contribution in [1.29, 1.82) is 0 Å². The van der Waals surface area contributed by atoms with Crippen molar-refractivity contribution in [1.82, 2.24) is 5.32 Å². The molecule has 0 rings (SSSR count). The maximum atomic E-state index is 12.5. The van der Waals surface area contributed by atoms with Gasteiger partial charge in [-0.25, -0.2) is 0 Å². The van der Waals surface area contributed by atoms with Gasteiger partial charge in [0.05, 0.1) is 25.4 Å². The lowest BCUT2D eigenvalue weighted by molar-refractivity contribution is -0.143. The second kappa shape index (κ2) is 60.4. The van der Waals surface area contributed by atoms with Crippen LogP contribution in [0, 0.1) is 0 Å². The lowest BCUT2D eigenvalue weighted by atomic mass is 10.0. The van der Waals surface area contributed by atoms with Crippen LogP contribution < -0.4 is 5.32 Å². The summed E-state index contributed by atoms with van der Waals surface area (Å²) in [5, 5.41) is 23.1. The molecule has 0 radical (unpaired) electrons. The van der Waals surface area contributed by atoms with Gasteiger partial charge in [-0.05, 0) is 89.9 Å². The SMILES string of the molecule is CCCCC/C=C\C/C=C\CCCCCCCCCC(=O)OCCCCCCCCCCCCC/C=C\CCCCCCCCCC(=O)NC(CO)C(O)/C=C/CCCCCCCCCCCCCCC. The fourth-order valence-electron chi connectivity index (χ4n) is 9.48. The lowest BCUT2D eigenvalue weighted by Gasteiger charge is -2.20. The van der Waals surface area contributed by atoms with Gasteiger partial charge in [-0.1, -0.05) is 274 Å². The fourth-order valence-corrected chi connectivity index (χ4v) is 9.48. The topological polar surface area (TPSA) is 95.9 Å². The Bertz CT molecular complexity index is 1190. The fraction of sp³-hybridized carbons (Fsp3) is 0.846. The van der Waals surface area contributed by atoms with Crippen LogP contribution in [-0.4, -0.2) is 47.4 Å². The summed E-state index contributed by atoms with van der Waals surface area (Å²) in [5.74, 6) is -0.0731. The van der Waals surface area contributed by atoms with Crippen LogP contribution in [0.2, 0.25) is 0 Å². The zero-order valence-corrected chi connectivity index (χ0v) is 47.5. The summed E-state index contributed by atoms with van der Waals surface area (Å²) in [7, 11) is 0. The third-order valence-electron chi connectivity index (χ3n) is 14.3. The molecule has 6 nitrogen and oxygen atoms in total. The van der Waals surface area contributed by atoms with E-state index >= 15 is 0 Å². The minimum absolute atomic E-state index is 0.00137. The molecule has 0 aromatic rings. The highest BCUT2D eigenvalue weighted by Crippen LogP contribution is 2.17. The van der Waals surface area contributed by atoms with Gasteiger partial charge >= 0.3 is 5.97 Å². The van der Waals surface area contributed by atoms with Crippen molar-refractivity contribution < 1.29 is 24.5 Å². The monoisotopic (exact) mass is 996 g/mol. The predicted molar refractivity (Wildman–Crippen MR) is 310 cm³/mol. The van der Waals surface area contributed by atoms with Crippen molar-refractivity contribution in [2.24, 2.45) is 0 Å². The van der Waals surface area contributed by atoms with Gasteiger partial charge in [-0.3, -0.25) is 9.59 Å². The van der Waals surface area contributed by atoms with Gasteiger partial charge in [0.25, 0.3) is 0 Å². The summed E-state index contributed by atoms with van der Waals surface area (Å²) in [4.78, 5) is 24.5. The summed E-state index contributed by atoms with van der Waals surface area (Å²) in [6, 6.07) is -0.634. The molecule has 2 unspecified atom stereocenters. The molecule has 0 heterocycles. The van der Waals surface area contributed by atoms with Gasteiger partial charge in [-0.2, -0.15) is 0 Å². The Balaban J connectivity index is 3.44. The van der Waals surface area contributed by atoms with Crippen LogP contribution in [0.3, 0.4) is 0 Å². The van der Waals surface area contributed by atoms with Crippen molar-refractivity contribution in [3.05, 3.63) is 48.6 Å². The van der Waals surface area contributed by atoms with Crippen LogP contribution >= 0.6 is 0 Å². The van der Waals surface area contributed by atoms with Crippen molar-refractivity contribution in [3.63, 3.8) is 0 Å². The number of aliphatic hydroxyl groups is 2. The predicted octanol–water partition coefficient (Wildman–Crippen LogP) is 19.7. The number of unbranched alkanes of at least 4 members (excludes halogenated alkanes) is 41. The molecular formula is C65H121NO5. The molecular weight excluding hydrogens is 875 g/mol. The lowest BCUT2D eigenvalue weighted by Crippen LogP contribution is -2.45. The quantitative estimate of drug-likeness (QED) is 0.0321. The molecule has 0 saturated heterocycles. The third kappa shape index (κ3) is 57.0. The Morgan fingerprint density at radius 3 is 1.11 bits per heavy atom. The standard InChI is InChI=1S/C65H121NO5/c1-3-5-7-9-11-13-15-17-19-26-31-35-39-43-47-51-55-59-65(70)71-60-56-52-48-44-40-36-32-28-25-23-21-20-22-24-27-30-34-38-42-46-50-54-58-64(69)66-62(61-67)63(68)57-53-49-45-41-37-33-29-18-16-14-12-10-8-6-4-2/h11,13,17,19,22,24,53,57,62-63,67-68H,3-10,12,14-16,18,20-21,23,25-52,54-56,58-61H2,1-2H3,(H,66,69)/b13-11-,19-17-,24-22-,57-53+. The average molecular weight is 997 g/mol. The van der Waals surface area contributed by atoms with E-state index in [4.69, 9.17) is 4.74 Å². The number of hydrogen-bond donors (Lipinski definition) is 3. The molecule has 6 heteroatoms. The maximum absolute atomic E-state index is 12.5. The van der Waals surface area contributed by atoms with E-state index in [1.165, 1.54) is 244 Å². The number of allylic oxidation sites excluding steroid dienone is 7. The molecule has 416 valence electrons. The van der Waals surface area contributed by atoms with E-state index in [0.29, 0.717) is 19.4 Å². The summed E-state index contributed by atoms with van der Waals surface area (Å²) >= 11 is 0. The van der Waals surface area contributed by atoms with Gasteiger partial charge in [0.15, 0.2) is 0 Å². The Morgan fingerprint density at radius 2 is 0.704 bits per heavy atom. The molecule has 1 amide bonds. The average Bonchev–Trinajstić information content (AvgIpc) is 3.37. The van der Waals surface area contributed by atoms with E-state index in [1.54, 1.807) is 6.08 Å². The number of amides is 1. The first-order chi connectivity index (χ1) is 35.0. The zero-order valence-electron chi connectivity index (χ0n) is 47.5. The second-order valence-corrected chi connectivity index (χ2v) is 21.4. The van der Waals surface area contributed by atoms with Crippen LogP contribution in [0.4, 0.5) is 0 Å². The maximum Gasteiger partial charge on any atom is 0.305 e. The third-order valence-corrected chi connectivity index (χ3v) is 14.3. The van der Waals surface area contributed by atoms with Gasteiger partial charge in [0.2, 0.25) is 5.91 Å². The number of carbonyl (C=O) groups excluding carboxylic acids is 2. The minimum Gasteiger partial charge on any atom is -0.466 e. The van der Waals surface area contributed by atoms with Crippen LogP contribution in [0.25, 0.3) is 0 Å². The van der Waals surface area contributed by atoms with Crippen LogP contribution in [0.1, 0.15) is 328 Å². The van der Waals surface area contributed by atoms with Gasteiger partial charge < -0.3 is 20.3 Å². The first-order valence-corrected chi connectivity index (χ1v) is 31.4. The number of nitrogens with one attached hydrogen (secondary N) is 1. The van der Waals surface area contributed by atoms with Crippen molar-refractivity contribution in [2.45, 2.75) is 341 Å². The Labute approximate surface area is 442 Å². The summed E-state index contributed by atoms with van der Waals surface area (Å²) in [6.07, 6.45) is 77.2. The molecule has 0 aliphatic heterocycles. The summed E-state index contributed by atoms with van der Waals surface area (Å²) in [6.45, 7) is 4.88. The molecule has 3 N–H and O–H groups in total. The second-order valence-electron chi connectivity index (χ2n) is 21.4. The first kappa shape index (κ1) is 68.8. The Morgan fingerprint density at radius 1 is 0.394 bits per heavy atom. The van der Waals surface area contributed by atoms with Gasteiger partial charge in [0, 0.05) is 12.8 Å². The molecule has 71 heavy (non-hydrogen) atoms. The Hall–Kier alpha value is -2.18. The normalized spacial score (nSPS) is 12.9. The largest absolute Gasteiger partial charge is 0.466 e. The molecule has 0 bridgehead atoms. The van der Waals surface area contributed by atoms with E-state index in [1.807, 2.05) is 6.08 Å². The molecule has 0 saturated carbocycles. The molecule has 0 aliphatic rings. The highest BCUT2D eigenvalue weighted by atomic mass is 16.5.